The highest BCUT2D eigenvalue weighted by Crippen LogP contribution is 2.51. The molecule has 0 unspecified atom stereocenters. The molecule has 5 aromatic carbocycles. The van der Waals surface area contributed by atoms with Crippen molar-refractivity contribution < 1.29 is 0 Å². The van der Waals surface area contributed by atoms with E-state index in [2.05, 4.69) is 81.4 Å². The Kier molecular flexibility index (Phi) is 7.23. The fourth-order valence-electron chi connectivity index (χ4n) is 7.16. The van der Waals surface area contributed by atoms with Crippen molar-refractivity contribution in [3.63, 3.8) is 0 Å². The maximum atomic E-state index is 9.98. The molecule has 5 heteroatoms. The molecule has 8 rings (SSSR count). The van der Waals surface area contributed by atoms with Gasteiger partial charge in [0.25, 0.3) is 0 Å². The predicted octanol–water partition coefficient (Wildman–Crippen LogP) is 10.4. The zero-order valence-corrected chi connectivity index (χ0v) is 27.9. The zero-order valence-electron chi connectivity index (χ0n) is 27.9. The van der Waals surface area contributed by atoms with E-state index < -0.39 is 0 Å². The molecule has 0 aliphatic heterocycles. The molecule has 0 fully saturated rings. The van der Waals surface area contributed by atoms with Crippen LogP contribution < -0.4 is 0 Å². The summed E-state index contributed by atoms with van der Waals surface area (Å²) in [5.41, 5.74) is 13.9. The van der Waals surface area contributed by atoms with Gasteiger partial charge in [-0.3, -0.25) is 4.98 Å². The van der Waals surface area contributed by atoms with Gasteiger partial charge in [0.2, 0.25) is 0 Å². The average Bonchev–Trinajstić information content (AvgIpc) is 3.37. The van der Waals surface area contributed by atoms with E-state index in [4.69, 9.17) is 19.9 Å². The van der Waals surface area contributed by atoms with Gasteiger partial charge in [-0.1, -0.05) is 105 Å². The summed E-state index contributed by atoms with van der Waals surface area (Å²) in [6.07, 6.45) is 0. The van der Waals surface area contributed by atoms with Crippen LogP contribution in [0.25, 0.3) is 67.5 Å². The van der Waals surface area contributed by atoms with E-state index in [0.29, 0.717) is 17.5 Å². The highest BCUT2D eigenvalue weighted by molar-refractivity contribution is 5.87. The molecule has 234 valence electrons. The summed E-state index contributed by atoms with van der Waals surface area (Å²) in [7, 11) is 0. The lowest BCUT2D eigenvalue weighted by Gasteiger charge is -2.23. The highest BCUT2D eigenvalue weighted by atomic mass is 15.0. The van der Waals surface area contributed by atoms with Crippen molar-refractivity contribution in [2.24, 2.45) is 0 Å². The van der Waals surface area contributed by atoms with Crippen LogP contribution in [0.1, 0.15) is 41.9 Å². The van der Waals surface area contributed by atoms with Crippen molar-refractivity contribution in [1.29, 1.82) is 5.26 Å². The normalized spacial score (nSPS) is 12.6. The first-order valence-electron chi connectivity index (χ1n) is 16.5. The van der Waals surface area contributed by atoms with E-state index in [1.54, 1.807) is 0 Å². The Morgan fingerprint density at radius 2 is 1.08 bits per heavy atom. The average molecular weight is 632 g/mol. The van der Waals surface area contributed by atoms with Crippen molar-refractivity contribution in [2.45, 2.75) is 33.1 Å². The third kappa shape index (κ3) is 5.28. The van der Waals surface area contributed by atoms with E-state index in [9.17, 15) is 5.26 Å². The van der Waals surface area contributed by atoms with Gasteiger partial charge in [-0.2, -0.15) is 5.26 Å². The number of aromatic nitrogens is 4. The lowest BCUT2D eigenvalue weighted by atomic mass is 9.79. The van der Waals surface area contributed by atoms with Gasteiger partial charge in [0.15, 0.2) is 17.5 Å². The number of benzene rings is 5. The van der Waals surface area contributed by atoms with Crippen LogP contribution in [0.2, 0.25) is 0 Å². The second-order valence-electron chi connectivity index (χ2n) is 13.1. The highest BCUT2D eigenvalue weighted by Gasteiger charge is 2.37. The minimum atomic E-state index is -0.325. The van der Waals surface area contributed by atoms with Crippen molar-refractivity contribution in [3.05, 3.63) is 155 Å². The van der Waals surface area contributed by atoms with E-state index in [1.165, 1.54) is 11.1 Å². The van der Waals surface area contributed by atoms with Gasteiger partial charge >= 0.3 is 0 Å². The molecular weight excluding hydrogens is 599 g/mol. The van der Waals surface area contributed by atoms with Crippen molar-refractivity contribution in [3.8, 4) is 73.6 Å². The molecule has 2 heterocycles. The van der Waals surface area contributed by atoms with Crippen LogP contribution in [0.3, 0.4) is 0 Å². The van der Waals surface area contributed by atoms with Crippen molar-refractivity contribution in [2.75, 3.05) is 0 Å². The summed E-state index contributed by atoms with van der Waals surface area (Å²) in [5.74, 6) is 1.84. The van der Waals surface area contributed by atoms with Gasteiger partial charge in [-0.05, 0) is 89.2 Å². The largest absolute Gasteiger partial charge is 0.258 e. The maximum absolute atomic E-state index is 9.98. The molecule has 1 aliphatic carbocycles. The number of pyridine rings is 1. The van der Waals surface area contributed by atoms with Crippen LogP contribution in [0.5, 0.6) is 0 Å². The molecule has 0 bridgehead atoms. The Bertz CT molecular complexity index is 2380. The van der Waals surface area contributed by atoms with E-state index in [-0.39, 0.29) is 5.41 Å². The van der Waals surface area contributed by atoms with Crippen LogP contribution in [0, 0.1) is 25.2 Å². The molecule has 5 nitrogen and oxygen atoms in total. The Balaban J connectivity index is 1.35. The molecule has 2 aromatic heterocycles. The summed E-state index contributed by atoms with van der Waals surface area (Å²) >= 11 is 0. The number of fused-ring (bicyclic) bond motifs is 3. The smallest absolute Gasteiger partial charge is 0.164 e. The summed E-state index contributed by atoms with van der Waals surface area (Å²) in [4.78, 5) is 19.8. The minimum Gasteiger partial charge on any atom is -0.258 e. The molecule has 1 aliphatic rings. The number of rotatable bonds is 5. The van der Waals surface area contributed by atoms with Gasteiger partial charge in [0.05, 0.1) is 11.6 Å². The van der Waals surface area contributed by atoms with E-state index in [1.807, 2.05) is 79.7 Å². The molecule has 0 atom stereocenters. The van der Waals surface area contributed by atoms with Crippen LogP contribution in [-0.4, -0.2) is 19.9 Å². The first-order chi connectivity index (χ1) is 23.8. The quantitative estimate of drug-likeness (QED) is 0.189. The first-order valence-corrected chi connectivity index (χ1v) is 16.5. The molecule has 0 radical (unpaired) electrons. The Morgan fingerprint density at radius 1 is 0.490 bits per heavy atom. The number of hydrogen-bond acceptors (Lipinski definition) is 5. The number of nitrogens with zero attached hydrogens (tertiary/aromatic N) is 5. The Hall–Kier alpha value is -6.25. The fourth-order valence-corrected chi connectivity index (χ4v) is 7.16. The molecule has 0 saturated carbocycles. The van der Waals surface area contributed by atoms with Crippen LogP contribution in [0.4, 0.5) is 0 Å². The summed E-state index contributed by atoms with van der Waals surface area (Å²) < 4.78 is 0. The third-order valence-corrected chi connectivity index (χ3v) is 9.55. The van der Waals surface area contributed by atoms with Gasteiger partial charge in [0, 0.05) is 39.1 Å². The summed E-state index contributed by atoms with van der Waals surface area (Å²) in [6.45, 7) is 8.50. The van der Waals surface area contributed by atoms with Crippen LogP contribution in [0.15, 0.2) is 127 Å². The number of hydrogen-bond donors (Lipinski definition) is 0. The van der Waals surface area contributed by atoms with Crippen LogP contribution >= 0.6 is 0 Å². The Labute approximate surface area is 286 Å². The molecule has 0 saturated heterocycles. The topological polar surface area (TPSA) is 75.3 Å². The predicted molar refractivity (Wildman–Crippen MR) is 197 cm³/mol. The minimum absolute atomic E-state index is 0.325. The lowest BCUT2D eigenvalue weighted by Crippen LogP contribution is -2.16. The van der Waals surface area contributed by atoms with Gasteiger partial charge < -0.3 is 0 Å². The molecule has 49 heavy (non-hydrogen) atoms. The first kappa shape index (κ1) is 30.1. The summed E-state index contributed by atoms with van der Waals surface area (Å²) in [6, 6.07) is 46.0. The number of nitriles is 1. The van der Waals surface area contributed by atoms with Crippen molar-refractivity contribution in [1.82, 2.24) is 19.9 Å². The second-order valence-corrected chi connectivity index (χ2v) is 13.1. The van der Waals surface area contributed by atoms with E-state index in [0.717, 1.165) is 67.0 Å². The molecule has 0 amide bonds. The molecular formula is C44H33N5. The Morgan fingerprint density at radius 3 is 1.71 bits per heavy atom. The monoisotopic (exact) mass is 631 g/mol. The molecule has 7 aromatic rings. The van der Waals surface area contributed by atoms with Gasteiger partial charge in [-0.15, -0.1) is 0 Å². The standard InChI is InChI=1S/C44H33N5/c1-27-18-20-36(28(2)46-27)34-22-33(31-19-21-37-38-17-11-16-32(26-45)40(38)44(3,4)39(37)25-31)23-35(24-34)43-48-41(29-12-7-5-8-13-29)47-42(49-43)30-14-9-6-10-15-30/h5-25H,1-4H3. The number of aryl methyl sites for hydroxylation is 2. The van der Waals surface area contributed by atoms with E-state index >= 15 is 0 Å². The second kappa shape index (κ2) is 11.8. The van der Waals surface area contributed by atoms with Crippen molar-refractivity contribution >= 4 is 0 Å². The van der Waals surface area contributed by atoms with Crippen LogP contribution in [-0.2, 0) is 5.41 Å². The maximum Gasteiger partial charge on any atom is 0.164 e. The molecule has 0 N–H and O–H groups in total. The summed E-state index contributed by atoms with van der Waals surface area (Å²) in [5, 5.41) is 9.98. The fraction of sp³-hybridized carbons (Fsp3) is 0.114. The van der Waals surface area contributed by atoms with Gasteiger partial charge in [-0.25, -0.2) is 15.0 Å². The SMILES string of the molecule is Cc1ccc(-c2cc(-c3ccc4c(c3)C(C)(C)c3c(C#N)cccc3-4)cc(-c3nc(-c4ccccc4)nc(-c4ccccc4)n3)c2)c(C)n1. The third-order valence-electron chi connectivity index (χ3n) is 9.55. The van der Waals surface area contributed by atoms with Gasteiger partial charge in [0.1, 0.15) is 0 Å². The molecule has 0 spiro atoms. The zero-order chi connectivity index (χ0) is 33.7. The lowest BCUT2D eigenvalue weighted by molar-refractivity contribution is 0.658.